The summed E-state index contributed by atoms with van der Waals surface area (Å²) in [5, 5.41) is 5.55. The van der Waals surface area contributed by atoms with Crippen LogP contribution >= 0.6 is 0 Å². The second kappa shape index (κ2) is 6.56. The Bertz CT molecular complexity index is 574. The maximum atomic E-state index is 11.9. The largest absolute Gasteiger partial charge is 0.367 e. The molecule has 5 nitrogen and oxygen atoms in total. The zero-order valence-electron chi connectivity index (χ0n) is 11.3. The van der Waals surface area contributed by atoms with E-state index < -0.39 is 0 Å². The normalized spacial score (nSPS) is 10.1. The SMILES string of the molecule is CC(=O)NCc1ccc(C(=O)NCc2cc[nH]c2)cc1. The standard InChI is InChI=1S/C15H17N3O2/c1-11(19)17-9-12-2-4-14(5-3-12)15(20)18-10-13-6-7-16-8-13/h2-8,16H,9-10H2,1H3,(H,17,19)(H,18,20). The molecule has 2 amide bonds. The molecule has 3 N–H and O–H groups in total. The molecule has 0 radical (unpaired) electrons. The summed E-state index contributed by atoms with van der Waals surface area (Å²) in [6, 6.07) is 9.09. The van der Waals surface area contributed by atoms with E-state index >= 15 is 0 Å². The van der Waals surface area contributed by atoms with E-state index in [9.17, 15) is 9.59 Å². The molecule has 0 aliphatic carbocycles. The zero-order chi connectivity index (χ0) is 14.4. The van der Waals surface area contributed by atoms with Crippen molar-refractivity contribution >= 4 is 11.8 Å². The second-order valence-electron chi connectivity index (χ2n) is 4.51. The van der Waals surface area contributed by atoms with Crippen LogP contribution in [0.2, 0.25) is 0 Å². The molecule has 0 aliphatic heterocycles. The van der Waals surface area contributed by atoms with Crippen LogP contribution in [0.4, 0.5) is 0 Å². The van der Waals surface area contributed by atoms with Crippen LogP contribution in [0.25, 0.3) is 0 Å². The fraction of sp³-hybridized carbons (Fsp3) is 0.200. The lowest BCUT2D eigenvalue weighted by atomic mass is 10.1. The third-order valence-electron chi connectivity index (χ3n) is 2.87. The molecular formula is C15H17N3O2. The van der Waals surface area contributed by atoms with Crippen LogP contribution in [0.15, 0.2) is 42.7 Å². The molecule has 0 saturated carbocycles. The summed E-state index contributed by atoms with van der Waals surface area (Å²) in [5.41, 5.74) is 2.59. The van der Waals surface area contributed by atoms with Crippen molar-refractivity contribution < 1.29 is 9.59 Å². The number of hydrogen-bond acceptors (Lipinski definition) is 2. The lowest BCUT2D eigenvalue weighted by Crippen LogP contribution is -2.22. The van der Waals surface area contributed by atoms with Crippen LogP contribution in [0.3, 0.4) is 0 Å². The van der Waals surface area contributed by atoms with Gasteiger partial charge in [-0.05, 0) is 29.3 Å². The second-order valence-corrected chi connectivity index (χ2v) is 4.51. The number of rotatable bonds is 5. The lowest BCUT2D eigenvalue weighted by Gasteiger charge is -2.06. The highest BCUT2D eigenvalue weighted by Gasteiger charge is 2.05. The summed E-state index contributed by atoms with van der Waals surface area (Å²) in [7, 11) is 0. The Labute approximate surface area is 117 Å². The van der Waals surface area contributed by atoms with Gasteiger partial charge in [0, 0.05) is 38.0 Å². The van der Waals surface area contributed by atoms with Gasteiger partial charge in [-0.25, -0.2) is 0 Å². The molecule has 2 rings (SSSR count). The number of hydrogen-bond donors (Lipinski definition) is 3. The van der Waals surface area contributed by atoms with Crippen LogP contribution in [-0.2, 0) is 17.9 Å². The molecule has 0 bridgehead atoms. The van der Waals surface area contributed by atoms with Crippen LogP contribution in [0.1, 0.15) is 28.4 Å². The van der Waals surface area contributed by atoms with E-state index in [0.717, 1.165) is 11.1 Å². The molecule has 2 aromatic rings. The number of amides is 2. The van der Waals surface area contributed by atoms with Gasteiger partial charge in [0.2, 0.25) is 5.91 Å². The van der Waals surface area contributed by atoms with Crippen LogP contribution in [0.5, 0.6) is 0 Å². The first kappa shape index (κ1) is 13.9. The Balaban J connectivity index is 1.88. The quantitative estimate of drug-likeness (QED) is 0.772. The molecule has 0 atom stereocenters. The number of aromatic amines is 1. The first-order valence-corrected chi connectivity index (χ1v) is 6.38. The first-order valence-electron chi connectivity index (χ1n) is 6.38. The molecule has 0 aliphatic rings. The summed E-state index contributed by atoms with van der Waals surface area (Å²) < 4.78 is 0. The fourth-order valence-corrected chi connectivity index (χ4v) is 1.75. The van der Waals surface area contributed by atoms with Gasteiger partial charge in [0.05, 0.1) is 0 Å². The minimum atomic E-state index is -0.114. The smallest absolute Gasteiger partial charge is 0.251 e. The molecule has 0 unspecified atom stereocenters. The first-order chi connectivity index (χ1) is 9.65. The molecular weight excluding hydrogens is 254 g/mol. The molecule has 0 fully saturated rings. The molecule has 0 spiro atoms. The number of carbonyl (C=O) groups excluding carboxylic acids is 2. The summed E-state index contributed by atoms with van der Waals surface area (Å²) in [4.78, 5) is 25.7. The van der Waals surface area contributed by atoms with E-state index in [2.05, 4.69) is 15.6 Å². The van der Waals surface area contributed by atoms with Gasteiger partial charge in [-0.1, -0.05) is 12.1 Å². The summed E-state index contributed by atoms with van der Waals surface area (Å²) in [5.74, 6) is -0.185. The van der Waals surface area contributed by atoms with Crippen molar-refractivity contribution in [2.75, 3.05) is 0 Å². The summed E-state index contributed by atoms with van der Waals surface area (Å²) in [6.45, 7) is 2.44. The van der Waals surface area contributed by atoms with Crippen molar-refractivity contribution in [2.24, 2.45) is 0 Å². The van der Waals surface area contributed by atoms with Gasteiger partial charge >= 0.3 is 0 Å². The highest BCUT2D eigenvalue weighted by Crippen LogP contribution is 2.05. The monoisotopic (exact) mass is 271 g/mol. The van der Waals surface area contributed by atoms with Crippen LogP contribution < -0.4 is 10.6 Å². The van der Waals surface area contributed by atoms with Crippen molar-refractivity contribution in [1.29, 1.82) is 0 Å². The van der Waals surface area contributed by atoms with Gasteiger partial charge < -0.3 is 15.6 Å². The van der Waals surface area contributed by atoms with E-state index in [1.807, 2.05) is 30.6 Å². The average molecular weight is 271 g/mol. The minimum Gasteiger partial charge on any atom is -0.367 e. The van der Waals surface area contributed by atoms with Crippen molar-refractivity contribution in [2.45, 2.75) is 20.0 Å². The molecule has 104 valence electrons. The molecule has 0 saturated heterocycles. The highest BCUT2D eigenvalue weighted by molar-refractivity contribution is 5.94. The van der Waals surface area contributed by atoms with Gasteiger partial charge in [0.25, 0.3) is 5.91 Å². The maximum Gasteiger partial charge on any atom is 0.251 e. The van der Waals surface area contributed by atoms with E-state index in [1.165, 1.54) is 6.92 Å². The zero-order valence-corrected chi connectivity index (χ0v) is 11.3. The maximum absolute atomic E-state index is 11.9. The Kier molecular flexibility index (Phi) is 4.55. The van der Waals surface area contributed by atoms with E-state index in [4.69, 9.17) is 0 Å². The van der Waals surface area contributed by atoms with Gasteiger partial charge in [0.15, 0.2) is 0 Å². The fourth-order valence-electron chi connectivity index (χ4n) is 1.75. The van der Waals surface area contributed by atoms with E-state index in [-0.39, 0.29) is 11.8 Å². The Hall–Kier alpha value is -2.56. The topological polar surface area (TPSA) is 74.0 Å². The molecule has 1 aromatic heterocycles. The Morgan fingerprint density at radius 2 is 1.70 bits per heavy atom. The number of benzene rings is 1. The Morgan fingerprint density at radius 1 is 1.00 bits per heavy atom. The van der Waals surface area contributed by atoms with Gasteiger partial charge in [-0.2, -0.15) is 0 Å². The van der Waals surface area contributed by atoms with Crippen molar-refractivity contribution in [1.82, 2.24) is 15.6 Å². The Morgan fingerprint density at radius 3 is 2.30 bits per heavy atom. The molecule has 5 heteroatoms. The predicted octanol–water partition coefficient (Wildman–Crippen LogP) is 1.58. The average Bonchev–Trinajstić information content (AvgIpc) is 2.96. The molecule has 1 aromatic carbocycles. The van der Waals surface area contributed by atoms with E-state index in [0.29, 0.717) is 18.7 Å². The van der Waals surface area contributed by atoms with Crippen molar-refractivity contribution in [3.05, 3.63) is 59.4 Å². The van der Waals surface area contributed by atoms with Gasteiger partial charge in [0.1, 0.15) is 0 Å². The number of carbonyl (C=O) groups is 2. The van der Waals surface area contributed by atoms with Gasteiger partial charge in [-0.15, -0.1) is 0 Å². The van der Waals surface area contributed by atoms with Crippen molar-refractivity contribution in [3.8, 4) is 0 Å². The minimum absolute atomic E-state index is 0.0710. The molecule has 20 heavy (non-hydrogen) atoms. The number of H-pyrrole nitrogens is 1. The van der Waals surface area contributed by atoms with Gasteiger partial charge in [-0.3, -0.25) is 9.59 Å². The third kappa shape index (κ3) is 3.98. The molecule has 1 heterocycles. The lowest BCUT2D eigenvalue weighted by molar-refractivity contribution is -0.119. The highest BCUT2D eigenvalue weighted by atomic mass is 16.2. The van der Waals surface area contributed by atoms with Crippen LogP contribution in [0, 0.1) is 0 Å². The summed E-state index contributed by atoms with van der Waals surface area (Å²) >= 11 is 0. The van der Waals surface area contributed by atoms with Crippen molar-refractivity contribution in [3.63, 3.8) is 0 Å². The number of aromatic nitrogens is 1. The van der Waals surface area contributed by atoms with Crippen LogP contribution in [-0.4, -0.2) is 16.8 Å². The number of nitrogens with one attached hydrogen (secondary N) is 3. The summed E-state index contributed by atoms with van der Waals surface area (Å²) in [6.07, 6.45) is 3.66. The predicted molar refractivity (Wildman–Crippen MR) is 75.9 cm³/mol. The van der Waals surface area contributed by atoms with E-state index in [1.54, 1.807) is 12.1 Å². The third-order valence-corrected chi connectivity index (χ3v) is 2.87.